The predicted molar refractivity (Wildman–Crippen MR) is 135 cm³/mol. The number of halogens is 1. The molecule has 2 aromatic heterocycles. The first-order valence-electron chi connectivity index (χ1n) is 10.7. The van der Waals surface area contributed by atoms with Crippen LogP contribution in [0.15, 0.2) is 91.1 Å². The maximum atomic E-state index is 5.97. The van der Waals surface area contributed by atoms with E-state index in [0.717, 1.165) is 44.4 Å². The average Bonchev–Trinajstić information content (AvgIpc) is 3.25. The molecule has 0 spiro atoms. The van der Waals surface area contributed by atoms with Gasteiger partial charge in [0, 0.05) is 22.3 Å². The fourth-order valence-corrected chi connectivity index (χ4v) is 3.73. The van der Waals surface area contributed by atoms with Crippen molar-refractivity contribution in [1.82, 2.24) is 15.0 Å². The number of imidazole rings is 1. The summed E-state index contributed by atoms with van der Waals surface area (Å²) in [4.78, 5) is 12.5. The van der Waals surface area contributed by atoms with E-state index in [1.165, 1.54) is 5.56 Å². The van der Waals surface area contributed by atoms with Gasteiger partial charge in [-0.05, 0) is 60.4 Å². The van der Waals surface area contributed by atoms with E-state index in [-0.39, 0.29) is 6.04 Å². The third-order valence-corrected chi connectivity index (χ3v) is 5.66. The number of rotatable bonds is 4. The zero-order chi connectivity index (χ0) is 22.6. The third-order valence-electron chi connectivity index (χ3n) is 5.41. The summed E-state index contributed by atoms with van der Waals surface area (Å²) in [6.07, 6.45) is 1.83. The second-order valence-electron chi connectivity index (χ2n) is 7.78. The molecule has 5 heteroatoms. The molecule has 33 heavy (non-hydrogen) atoms. The molecule has 0 saturated carbocycles. The van der Waals surface area contributed by atoms with Crippen molar-refractivity contribution in [2.24, 2.45) is 0 Å². The molecule has 2 heterocycles. The fourth-order valence-electron chi connectivity index (χ4n) is 3.60. The highest BCUT2D eigenvalue weighted by Crippen LogP contribution is 2.22. The molecule has 5 aromatic rings. The number of aromatic nitrogens is 3. The average molecular weight is 449 g/mol. The van der Waals surface area contributed by atoms with Crippen molar-refractivity contribution in [2.45, 2.75) is 13.0 Å². The lowest BCUT2D eigenvalue weighted by Gasteiger charge is -2.12. The summed E-state index contributed by atoms with van der Waals surface area (Å²) < 4.78 is 0. The van der Waals surface area contributed by atoms with Gasteiger partial charge in [0.15, 0.2) is 0 Å². The van der Waals surface area contributed by atoms with Gasteiger partial charge in [-0.1, -0.05) is 66.1 Å². The Morgan fingerprint density at radius 3 is 2.42 bits per heavy atom. The summed E-state index contributed by atoms with van der Waals surface area (Å²) in [7, 11) is 0. The molecule has 5 rings (SSSR count). The molecule has 3 aromatic carbocycles. The molecule has 0 bridgehead atoms. The Hall–Kier alpha value is -4.07. The molecule has 1 atom stereocenters. The number of nitrogens with one attached hydrogen (secondary N) is 2. The van der Waals surface area contributed by atoms with Crippen molar-refractivity contribution >= 4 is 28.6 Å². The van der Waals surface area contributed by atoms with Crippen molar-refractivity contribution in [3.8, 4) is 23.0 Å². The van der Waals surface area contributed by atoms with Gasteiger partial charge in [0.25, 0.3) is 0 Å². The quantitative estimate of drug-likeness (QED) is 0.295. The van der Waals surface area contributed by atoms with E-state index < -0.39 is 0 Å². The minimum Gasteiger partial charge on any atom is -0.349 e. The Kier molecular flexibility index (Phi) is 5.80. The minimum absolute atomic E-state index is 0.146. The van der Waals surface area contributed by atoms with E-state index in [0.29, 0.717) is 0 Å². The van der Waals surface area contributed by atoms with E-state index in [9.17, 15) is 0 Å². The fraction of sp³-hybridized carbons (Fsp3) is 0.0714. The number of hydrogen-bond donors (Lipinski definition) is 2. The van der Waals surface area contributed by atoms with E-state index >= 15 is 0 Å². The first-order chi connectivity index (χ1) is 16.1. The molecule has 0 aliphatic heterocycles. The van der Waals surface area contributed by atoms with Crippen LogP contribution in [0.25, 0.3) is 22.2 Å². The first-order valence-corrected chi connectivity index (χ1v) is 11.1. The highest BCUT2D eigenvalue weighted by atomic mass is 35.5. The van der Waals surface area contributed by atoms with Gasteiger partial charge < -0.3 is 10.3 Å². The summed E-state index contributed by atoms with van der Waals surface area (Å²) >= 11 is 5.97. The Balaban J connectivity index is 1.31. The molecular formula is C28H21ClN4. The largest absolute Gasteiger partial charge is 0.349 e. The van der Waals surface area contributed by atoms with Gasteiger partial charge in [-0.15, -0.1) is 0 Å². The summed E-state index contributed by atoms with van der Waals surface area (Å²) in [5.41, 5.74) is 6.76. The van der Waals surface area contributed by atoms with Crippen LogP contribution in [0, 0.1) is 11.8 Å². The van der Waals surface area contributed by atoms with Gasteiger partial charge in [-0.3, -0.25) is 0 Å². The van der Waals surface area contributed by atoms with Crippen LogP contribution in [0.2, 0.25) is 5.02 Å². The normalized spacial score (nSPS) is 11.6. The number of hydrogen-bond acceptors (Lipinski definition) is 3. The third kappa shape index (κ3) is 4.90. The molecule has 1 unspecified atom stereocenters. The van der Waals surface area contributed by atoms with Crippen molar-refractivity contribution in [2.75, 3.05) is 5.32 Å². The second-order valence-corrected chi connectivity index (χ2v) is 8.22. The summed E-state index contributed by atoms with van der Waals surface area (Å²) in [5.74, 6) is 7.08. The molecule has 0 aliphatic carbocycles. The monoisotopic (exact) mass is 448 g/mol. The van der Waals surface area contributed by atoms with Crippen LogP contribution < -0.4 is 5.32 Å². The van der Waals surface area contributed by atoms with Crippen molar-refractivity contribution in [3.05, 3.63) is 113 Å². The number of anilines is 1. The van der Waals surface area contributed by atoms with Crippen molar-refractivity contribution in [1.29, 1.82) is 0 Å². The lowest BCUT2D eigenvalue weighted by atomic mass is 10.1. The second kappa shape index (κ2) is 9.20. The summed E-state index contributed by atoms with van der Waals surface area (Å²) in [6, 6.07) is 28.1. The number of nitrogens with zero attached hydrogens (tertiary/aromatic N) is 2. The lowest BCUT2D eigenvalue weighted by Crippen LogP contribution is -2.07. The van der Waals surface area contributed by atoms with Gasteiger partial charge in [-0.2, -0.15) is 0 Å². The summed E-state index contributed by atoms with van der Waals surface area (Å²) in [6.45, 7) is 2.12. The molecule has 0 amide bonds. The lowest BCUT2D eigenvalue weighted by molar-refractivity contribution is 0.869. The van der Waals surface area contributed by atoms with Gasteiger partial charge in [0.1, 0.15) is 5.69 Å². The number of H-pyrrole nitrogens is 1. The minimum atomic E-state index is 0.146. The van der Waals surface area contributed by atoms with Crippen LogP contribution in [0.5, 0.6) is 0 Å². The van der Waals surface area contributed by atoms with Crippen LogP contribution in [-0.4, -0.2) is 15.0 Å². The number of benzene rings is 3. The standard InChI is InChI=1S/C28H21ClN4/c1-19(21-5-3-2-4-6-21)31-28-32-26-16-8-20(17-27(26)33-28)7-14-25-15-11-23(18-30-25)22-9-12-24(29)13-10-22/h2-6,8-13,15-19H,1H3,(H2,31,32,33). The zero-order valence-corrected chi connectivity index (χ0v) is 18.8. The SMILES string of the molecule is CC(Nc1nc2ccc(C#Cc3ccc(-c4ccc(Cl)cc4)cn3)cc2[nH]1)c1ccccc1. The van der Waals surface area contributed by atoms with E-state index in [1.807, 2.05) is 79.0 Å². The summed E-state index contributed by atoms with van der Waals surface area (Å²) in [5, 5.41) is 4.15. The smallest absolute Gasteiger partial charge is 0.201 e. The molecule has 0 aliphatic rings. The van der Waals surface area contributed by atoms with Crippen LogP contribution in [0.3, 0.4) is 0 Å². The topological polar surface area (TPSA) is 53.6 Å². The highest BCUT2D eigenvalue weighted by molar-refractivity contribution is 6.30. The Morgan fingerprint density at radius 1 is 0.879 bits per heavy atom. The van der Waals surface area contributed by atoms with Crippen molar-refractivity contribution in [3.63, 3.8) is 0 Å². The van der Waals surface area contributed by atoms with Gasteiger partial charge in [0.2, 0.25) is 5.95 Å². The van der Waals surface area contributed by atoms with Gasteiger partial charge in [-0.25, -0.2) is 9.97 Å². The maximum Gasteiger partial charge on any atom is 0.201 e. The molecule has 0 fully saturated rings. The van der Waals surface area contributed by atoms with Crippen LogP contribution in [0.4, 0.5) is 5.95 Å². The van der Waals surface area contributed by atoms with Crippen molar-refractivity contribution < 1.29 is 0 Å². The molecular weight excluding hydrogens is 428 g/mol. The molecule has 2 N–H and O–H groups in total. The number of pyridine rings is 1. The van der Waals surface area contributed by atoms with Crippen LogP contribution >= 0.6 is 11.6 Å². The van der Waals surface area contributed by atoms with E-state index in [2.05, 4.69) is 51.2 Å². The predicted octanol–water partition coefficient (Wildman–Crippen LogP) is 6.85. The first kappa shape index (κ1) is 20.8. The van der Waals surface area contributed by atoms with E-state index in [4.69, 9.17) is 11.6 Å². The Labute approximate surface area is 197 Å². The Bertz CT molecular complexity index is 1440. The number of aromatic amines is 1. The van der Waals surface area contributed by atoms with Gasteiger partial charge in [0.05, 0.1) is 17.1 Å². The van der Waals surface area contributed by atoms with Crippen LogP contribution in [0.1, 0.15) is 29.8 Å². The molecule has 160 valence electrons. The maximum absolute atomic E-state index is 5.97. The van der Waals surface area contributed by atoms with Crippen LogP contribution in [-0.2, 0) is 0 Å². The van der Waals surface area contributed by atoms with E-state index in [1.54, 1.807) is 0 Å². The number of fused-ring (bicyclic) bond motifs is 1. The Morgan fingerprint density at radius 2 is 1.67 bits per heavy atom. The van der Waals surface area contributed by atoms with Gasteiger partial charge >= 0.3 is 0 Å². The highest BCUT2D eigenvalue weighted by Gasteiger charge is 2.08. The molecule has 4 nitrogen and oxygen atoms in total. The zero-order valence-electron chi connectivity index (χ0n) is 18.0. The molecule has 0 radical (unpaired) electrons. The molecule has 0 saturated heterocycles.